The molecule has 1 aliphatic heterocycles. The van der Waals surface area contributed by atoms with E-state index in [9.17, 15) is 4.79 Å². The van der Waals surface area contributed by atoms with Crippen molar-refractivity contribution in [3.8, 4) is 0 Å². The minimum absolute atomic E-state index is 0.113. The Labute approximate surface area is 145 Å². The fraction of sp³-hybridized carbons (Fsp3) is 0.353. The van der Waals surface area contributed by atoms with Crippen molar-refractivity contribution in [3.63, 3.8) is 0 Å². The third kappa shape index (κ3) is 4.21. The van der Waals surface area contributed by atoms with Gasteiger partial charge < -0.3 is 15.4 Å². The number of hydrogen-bond donors (Lipinski definition) is 2. The molecule has 1 unspecified atom stereocenters. The van der Waals surface area contributed by atoms with E-state index in [1.54, 1.807) is 0 Å². The molecule has 0 saturated carbocycles. The number of carbonyl (C=O) groups is 1. The summed E-state index contributed by atoms with van der Waals surface area (Å²) < 4.78 is 5.48. The Bertz CT molecular complexity index is 715. The van der Waals surface area contributed by atoms with Gasteiger partial charge in [-0.1, -0.05) is 17.7 Å². The zero-order chi connectivity index (χ0) is 16.9. The molecule has 1 amide bonds. The van der Waals surface area contributed by atoms with E-state index in [1.807, 2.05) is 25.1 Å². The molecule has 6 nitrogen and oxygen atoms in total. The average Bonchev–Trinajstić information content (AvgIpc) is 3.10. The third-order valence-corrected chi connectivity index (χ3v) is 4.26. The van der Waals surface area contributed by atoms with Crippen molar-refractivity contribution < 1.29 is 9.53 Å². The van der Waals surface area contributed by atoms with Crippen molar-refractivity contribution in [3.05, 3.63) is 46.7 Å². The predicted molar refractivity (Wildman–Crippen MR) is 92.8 cm³/mol. The number of nitrogens with zero attached hydrogens (tertiary/aromatic N) is 2. The number of benzene rings is 1. The summed E-state index contributed by atoms with van der Waals surface area (Å²) in [7, 11) is 0. The summed E-state index contributed by atoms with van der Waals surface area (Å²) in [4.78, 5) is 20.4. The Balaban J connectivity index is 1.57. The van der Waals surface area contributed by atoms with Crippen molar-refractivity contribution in [2.45, 2.75) is 25.9 Å². The normalized spacial score (nSPS) is 16.8. The zero-order valence-corrected chi connectivity index (χ0v) is 14.1. The maximum atomic E-state index is 12.1. The lowest BCUT2D eigenvalue weighted by Crippen LogP contribution is -2.31. The van der Waals surface area contributed by atoms with Crippen molar-refractivity contribution in [2.24, 2.45) is 0 Å². The highest BCUT2D eigenvalue weighted by atomic mass is 35.5. The molecule has 0 radical (unpaired) electrons. The summed E-state index contributed by atoms with van der Waals surface area (Å²) >= 11 is 6.09. The van der Waals surface area contributed by atoms with Crippen molar-refractivity contribution >= 4 is 29.1 Å². The fourth-order valence-electron chi connectivity index (χ4n) is 2.42. The van der Waals surface area contributed by atoms with Gasteiger partial charge in [0.25, 0.3) is 5.91 Å². The fourth-order valence-corrected chi connectivity index (χ4v) is 2.60. The van der Waals surface area contributed by atoms with E-state index < -0.39 is 0 Å². The zero-order valence-electron chi connectivity index (χ0n) is 13.4. The first-order chi connectivity index (χ1) is 11.6. The minimum atomic E-state index is -0.199. The second kappa shape index (κ2) is 7.59. The number of aromatic nitrogens is 2. The largest absolute Gasteiger partial charge is 0.376 e. The summed E-state index contributed by atoms with van der Waals surface area (Å²) in [6.45, 7) is 3.22. The van der Waals surface area contributed by atoms with Crippen molar-refractivity contribution in [1.29, 1.82) is 0 Å². The number of carbonyl (C=O) groups excluding carboxylic acids is 1. The quantitative estimate of drug-likeness (QED) is 0.870. The molecule has 0 aliphatic carbocycles. The second-order valence-corrected chi connectivity index (χ2v) is 6.14. The number of rotatable bonds is 5. The molecule has 24 heavy (non-hydrogen) atoms. The van der Waals surface area contributed by atoms with Crippen LogP contribution >= 0.6 is 11.6 Å². The number of ether oxygens (including phenoxy) is 1. The van der Waals surface area contributed by atoms with E-state index in [-0.39, 0.29) is 12.0 Å². The van der Waals surface area contributed by atoms with Crippen LogP contribution in [0.3, 0.4) is 0 Å². The molecule has 126 valence electrons. The van der Waals surface area contributed by atoms with Crippen LogP contribution in [0.2, 0.25) is 5.02 Å². The van der Waals surface area contributed by atoms with E-state index in [2.05, 4.69) is 20.6 Å². The number of halogens is 1. The molecule has 0 bridgehead atoms. The van der Waals surface area contributed by atoms with Gasteiger partial charge in [-0.05, 0) is 37.5 Å². The third-order valence-electron chi connectivity index (χ3n) is 3.86. The smallest absolute Gasteiger partial charge is 0.254 e. The summed E-state index contributed by atoms with van der Waals surface area (Å²) in [5, 5.41) is 6.57. The summed E-state index contributed by atoms with van der Waals surface area (Å²) in [6, 6.07) is 5.62. The van der Waals surface area contributed by atoms with Gasteiger partial charge in [-0.25, -0.2) is 9.97 Å². The van der Waals surface area contributed by atoms with Crippen molar-refractivity contribution in [1.82, 2.24) is 15.3 Å². The van der Waals surface area contributed by atoms with Crippen molar-refractivity contribution in [2.75, 3.05) is 18.5 Å². The number of hydrogen-bond acceptors (Lipinski definition) is 5. The second-order valence-electron chi connectivity index (χ2n) is 5.73. The van der Waals surface area contributed by atoms with Gasteiger partial charge in [0.2, 0.25) is 5.95 Å². The molecule has 2 aromatic rings. The first-order valence-corrected chi connectivity index (χ1v) is 8.24. The SMILES string of the molecule is Cc1ccc(Nc2ncc(C(=O)NCC3CCCO3)cn2)cc1Cl. The van der Waals surface area contributed by atoms with Crippen LogP contribution in [0.5, 0.6) is 0 Å². The van der Waals surface area contributed by atoms with E-state index in [0.29, 0.717) is 23.1 Å². The van der Waals surface area contributed by atoms with Gasteiger partial charge in [-0.15, -0.1) is 0 Å². The standard InChI is InChI=1S/C17H19ClN4O2/c1-11-4-5-13(7-15(11)18)22-17-20-8-12(9-21-17)16(23)19-10-14-3-2-6-24-14/h4-5,7-9,14H,2-3,6,10H2,1H3,(H,19,23)(H,20,21,22). The van der Waals surface area contributed by atoms with Gasteiger partial charge in [0, 0.05) is 36.3 Å². The Morgan fingerprint density at radius 3 is 2.83 bits per heavy atom. The van der Waals surface area contributed by atoms with Gasteiger partial charge in [-0.2, -0.15) is 0 Å². The molecule has 2 heterocycles. The lowest BCUT2D eigenvalue weighted by atomic mass is 10.2. The molecule has 3 rings (SSSR count). The summed E-state index contributed by atoms with van der Waals surface area (Å²) in [5.41, 5.74) is 2.21. The monoisotopic (exact) mass is 346 g/mol. The molecule has 1 atom stereocenters. The van der Waals surface area contributed by atoms with Gasteiger partial charge in [0.1, 0.15) is 0 Å². The van der Waals surface area contributed by atoms with Crippen LogP contribution in [0, 0.1) is 6.92 Å². The highest BCUT2D eigenvalue weighted by Crippen LogP contribution is 2.21. The number of nitrogens with one attached hydrogen (secondary N) is 2. The van der Waals surface area contributed by atoms with E-state index in [4.69, 9.17) is 16.3 Å². The molecule has 2 N–H and O–H groups in total. The summed E-state index contributed by atoms with van der Waals surface area (Å²) in [6.07, 6.45) is 5.14. The molecule has 1 aromatic carbocycles. The molecular formula is C17H19ClN4O2. The van der Waals surface area contributed by atoms with Crippen LogP contribution in [0.1, 0.15) is 28.8 Å². The summed E-state index contributed by atoms with van der Waals surface area (Å²) in [5.74, 6) is 0.209. The maximum absolute atomic E-state index is 12.1. The molecule has 1 fully saturated rings. The van der Waals surface area contributed by atoms with Crippen LogP contribution in [0.4, 0.5) is 11.6 Å². The molecule has 7 heteroatoms. The van der Waals surface area contributed by atoms with Gasteiger partial charge in [0.05, 0.1) is 11.7 Å². The van der Waals surface area contributed by atoms with Crippen LogP contribution < -0.4 is 10.6 Å². The molecule has 1 aromatic heterocycles. The highest BCUT2D eigenvalue weighted by Gasteiger charge is 2.17. The number of aryl methyl sites for hydroxylation is 1. The Morgan fingerprint density at radius 2 is 2.17 bits per heavy atom. The number of amides is 1. The Morgan fingerprint density at radius 1 is 1.38 bits per heavy atom. The molecule has 1 aliphatic rings. The van der Waals surface area contributed by atoms with Gasteiger partial charge >= 0.3 is 0 Å². The maximum Gasteiger partial charge on any atom is 0.254 e. The van der Waals surface area contributed by atoms with E-state index >= 15 is 0 Å². The number of anilines is 2. The van der Waals surface area contributed by atoms with Crippen LogP contribution in [0.15, 0.2) is 30.6 Å². The first kappa shape index (κ1) is 16.7. The topological polar surface area (TPSA) is 76.1 Å². The van der Waals surface area contributed by atoms with E-state index in [1.165, 1.54) is 12.4 Å². The van der Waals surface area contributed by atoms with Gasteiger partial charge in [-0.3, -0.25) is 4.79 Å². The molecule has 1 saturated heterocycles. The lowest BCUT2D eigenvalue weighted by molar-refractivity contribution is 0.0857. The Hall–Kier alpha value is -2.18. The van der Waals surface area contributed by atoms with E-state index in [0.717, 1.165) is 30.7 Å². The molecule has 0 spiro atoms. The van der Waals surface area contributed by atoms with Crippen LogP contribution in [-0.4, -0.2) is 35.1 Å². The Kier molecular flexibility index (Phi) is 5.27. The highest BCUT2D eigenvalue weighted by molar-refractivity contribution is 6.31. The van der Waals surface area contributed by atoms with Crippen LogP contribution in [0.25, 0.3) is 0 Å². The first-order valence-electron chi connectivity index (χ1n) is 7.87. The molecular weight excluding hydrogens is 328 g/mol. The van der Waals surface area contributed by atoms with Crippen LogP contribution in [-0.2, 0) is 4.74 Å². The predicted octanol–water partition coefficient (Wildman–Crippen LogP) is 3.09. The average molecular weight is 347 g/mol. The minimum Gasteiger partial charge on any atom is -0.376 e. The lowest BCUT2D eigenvalue weighted by Gasteiger charge is -2.11. The van der Waals surface area contributed by atoms with Gasteiger partial charge in [0.15, 0.2) is 0 Å².